The van der Waals surface area contributed by atoms with E-state index in [1.165, 1.54) is 0 Å². The van der Waals surface area contributed by atoms with Gasteiger partial charge in [-0.3, -0.25) is 4.79 Å². The molecule has 1 atom stereocenters. The average molecular weight is 269 g/mol. The Bertz CT molecular complexity index is 403. The van der Waals surface area contributed by atoms with Crippen LogP contribution in [0.5, 0.6) is 0 Å². The van der Waals surface area contributed by atoms with Crippen LogP contribution in [0.15, 0.2) is 4.42 Å². The maximum absolute atomic E-state index is 12.0. The molecule has 1 unspecified atom stereocenters. The zero-order valence-corrected chi connectivity index (χ0v) is 12.3. The number of hydrogen-bond acceptors (Lipinski definition) is 6. The molecule has 0 spiro atoms. The van der Waals surface area contributed by atoms with Crippen LogP contribution in [0.4, 0.5) is 6.01 Å². The Labute approximate surface area is 114 Å². The largest absolute Gasteiger partial charge is 0.406 e. The third kappa shape index (κ3) is 3.92. The summed E-state index contributed by atoms with van der Waals surface area (Å²) >= 11 is 0. The molecule has 0 radical (unpaired) electrons. The van der Waals surface area contributed by atoms with Gasteiger partial charge in [-0.1, -0.05) is 5.10 Å². The number of anilines is 1. The first-order valence-corrected chi connectivity index (χ1v) is 6.53. The molecule has 1 amide bonds. The average Bonchev–Trinajstić information content (AvgIpc) is 2.88. The Hall–Kier alpha value is -1.63. The molecule has 108 valence electrons. The summed E-state index contributed by atoms with van der Waals surface area (Å²) in [4.78, 5) is 15.4. The standard InChI is InChI=1S/C12H23N5O2/c1-6-17(7-2)10(18)8-16(5)12-15-14-11(19-12)9(3)13-4/h9,13H,6-8H2,1-5H3. The lowest BCUT2D eigenvalue weighted by Gasteiger charge is -2.21. The SMILES string of the molecule is CCN(CC)C(=O)CN(C)c1nnc(C(C)NC)o1. The molecule has 0 bridgehead atoms. The van der Waals surface area contributed by atoms with Crippen molar-refractivity contribution in [3.05, 3.63) is 5.89 Å². The van der Waals surface area contributed by atoms with Crippen LogP contribution in [0.2, 0.25) is 0 Å². The zero-order valence-electron chi connectivity index (χ0n) is 12.3. The zero-order chi connectivity index (χ0) is 14.4. The van der Waals surface area contributed by atoms with Crippen molar-refractivity contribution in [3.63, 3.8) is 0 Å². The molecule has 0 aromatic carbocycles. The van der Waals surface area contributed by atoms with Crippen LogP contribution >= 0.6 is 0 Å². The fraction of sp³-hybridized carbons (Fsp3) is 0.750. The number of carbonyl (C=O) groups is 1. The minimum absolute atomic E-state index is 0.00636. The van der Waals surface area contributed by atoms with Gasteiger partial charge in [0.05, 0.1) is 6.04 Å². The molecule has 7 nitrogen and oxygen atoms in total. The molecule has 1 heterocycles. The van der Waals surface area contributed by atoms with Crippen molar-refractivity contribution in [2.75, 3.05) is 38.6 Å². The summed E-state index contributed by atoms with van der Waals surface area (Å²) in [6, 6.07) is 0.353. The second kappa shape index (κ2) is 7.08. The minimum Gasteiger partial charge on any atom is -0.406 e. The van der Waals surface area contributed by atoms with Gasteiger partial charge in [0.15, 0.2) is 0 Å². The van der Waals surface area contributed by atoms with Crippen molar-refractivity contribution in [2.24, 2.45) is 0 Å². The van der Waals surface area contributed by atoms with Crippen LogP contribution in [0, 0.1) is 0 Å². The van der Waals surface area contributed by atoms with Gasteiger partial charge >= 0.3 is 6.01 Å². The molecule has 1 aromatic rings. The topological polar surface area (TPSA) is 74.5 Å². The van der Waals surface area contributed by atoms with E-state index in [-0.39, 0.29) is 18.5 Å². The first kappa shape index (κ1) is 15.4. The summed E-state index contributed by atoms with van der Waals surface area (Å²) in [5.41, 5.74) is 0. The molecule has 7 heteroatoms. The van der Waals surface area contributed by atoms with Gasteiger partial charge in [-0.25, -0.2) is 0 Å². The number of rotatable bonds is 7. The molecule has 1 rings (SSSR count). The van der Waals surface area contributed by atoms with Crippen LogP contribution in [-0.2, 0) is 4.79 Å². The van der Waals surface area contributed by atoms with Gasteiger partial charge in [0.1, 0.15) is 6.54 Å². The van der Waals surface area contributed by atoms with Crippen molar-refractivity contribution in [3.8, 4) is 0 Å². The monoisotopic (exact) mass is 269 g/mol. The van der Waals surface area contributed by atoms with E-state index in [4.69, 9.17) is 4.42 Å². The van der Waals surface area contributed by atoms with Gasteiger partial charge < -0.3 is 19.5 Å². The number of likely N-dealkylation sites (N-methyl/N-ethyl adjacent to an activating group) is 2. The fourth-order valence-electron chi connectivity index (χ4n) is 1.63. The van der Waals surface area contributed by atoms with Gasteiger partial charge in [-0.2, -0.15) is 0 Å². The van der Waals surface area contributed by atoms with Gasteiger partial charge in [-0.05, 0) is 27.8 Å². The van der Waals surface area contributed by atoms with Crippen molar-refractivity contribution in [2.45, 2.75) is 26.8 Å². The van der Waals surface area contributed by atoms with E-state index >= 15 is 0 Å². The predicted molar refractivity (Wildman–Crippen MR) is 73.0 cm³/mol. The van der Waals surface area contributed by atoms with Crippen LogP contribution in [-0.4, -0.2) is 54.7 Å². The van der Waals surface area contributed by atoms with E-state index < -0.39 is 0 Å². The van der Waals surface area contributed by atoms with Crippen LogP contribution in [0.1, 0.15) is 32.7 Å². The highest BCUT2D eigenvalue weighted by molar-refractivity contribution is 5.80. The Morgan fingerprint density at radius 1 is 1.37 bits per heavy atom. The number of nitrogens with one attached hydrogen (secondary N) is 1. The van der Waals surface area contributed by atoms with Gasteiger partial charge in [0.25, 0.3) is 0 Å². The third-order valence-corrected chi connectivity index (χ3v) is 3.05. The van der Waals surface area contributed by atoms with Crippen molar-refractivity contribution in [1.82, 2.24) is 20.4 Å². The highest BCUT2D eigenvalue weighted by atomic mass is 16.4. The molecular weight excluding hydrogens is 246 g/mol. The van der Waals surface area contributed by atoms with Gasteiger partial charge in [0, 0.05) is 20.1 Å². The van der Waals surface area contributed by atoms with E-state index in [0.29, 0.717) is 25.0 Å². The summed E-state index contributed by atoms with van der Waals surface area (Å²) in [6.45, 7) is 7.49. The molecule has 19 heavy (non-hydrogen) atoms. The van der Waals surface area contributed by atoms with Crippen molar-refractivity contribution >= 4 is 11.9 Å². The quantitative estimate of drug-likeness (QED) is 0.783. The molecule has 0 saturated carbocycles. The van der Waals surface area contributed by atoms with E-state index in [0.717, 1.165) is 0 Å². The molecular formula is C12H23N5O2. The summed E-state index contributed by atoms with van der Waals surface area (Å²) in [5.74, 6) is 0.563. The lowest BCUT2D eigenvalue weighted by atomic mass is 10.3. The van der Waals surface area contributed by atoms with E-state index in [1.807, 2.05) is 27.8 Å². The van der Waals surface area contributed by atoms with Crippen molar-refractivity contribution in [1.29, 1.82) is 0 Å². The van der Waals surface area contributed by atoms with E-state index in [2.05, 4.69) is 15.5 Å². The van der Waals surface area contributed by atoms with Crippen LogP contribution in [0.3, 0.4) is 0 Å². The van der Waals surface area contributed by atoms with E-state index in [1.54, 1.807) is 16.8 Å². The highest BCUT2D eigenvalue weighted by Crippen LogP contribution is 2.15. The predicted octanol–water partition coefficient (Wildman–Crippen LogP) is 0.655. The molecule has 0 aliphatic rings. The Kier molecular flexibility index (Phi) is 5.75. The van der Waals surface area contributed by atoms with E-state index in [9.17, 15) is 4.79 Å². The molecule has 1 aromatic heterocycles. The molecule has 1 N–H and O–H groups in total. The lowest BCUT2D eigenvalue weighted by molar-refractivity contribution is -0.129. The summed E-state index contributed by atoms with van der Waals surface area (Å²) in [7, 11) is 3.59. The smallest absolute Gasteiger partial charge is 0.318 e. The maximum Gasteiger partial charge on any atom is 0.318 e. The third-order valence-electron chi connectivity index (χ3n) is 3.05. The number of amides is 1. The second-order valence-electron chi connectivity index (χ2n) is 4.36. The Balaban J connectivity index is 2.65. The fourth-order valence-corrected chi connectivity index (χ4v) is 1.63. The van der Waals surface area contributed by atoms with Gasteiger partial charge in [-0.15, -0.1) is 5.10 Å². The molecule has 0 aliphatic carbocycles. The lowest BCUT2D eigenvalue weighted by Crippen LogP contribution is -2.38. The number of hydrogen-bond donors (Lipinski definition) is 1. The summed E-state index contributed by atoms with van der Waals surface area (Å²) in [5, 5.41) is 10.9. The van der Waals surface area contributed by atoms with Crippen LogP contribution in [0.25, 0.3) is 0 Å². The number of carbonyl (C=O) groups excluding carboxylic acids is 1. The van der Waals surface area contributed by atoms with Gasteiger partial charge in [0.2, 0.25) is 11.8 Å². The highest BCUT2D eigenvalue weighted by Gasteiger charge is 2.18. The van der Waals surface area contributed by atoms with Crippen molar-refractivity contribution < 1.29 is 9.21 Å². The second-order valence-corrected chi connectivity index (χ2v) is 4.36. The molecule has 0 saturated heterocycles. The Morgan fingerprint density at radius 3 is 2.53 bits per heavy atom. The normalized spacial score (nSPS) is 12.3. The maximum atomic E-state index is 12.0. The summed E-state index contributed by atoms with van der Waals surface area (Å²) in [6.07, 6.45) is 0. The van der Waals surface area contributed by atoms with Crippen LogP contribution < -0.4 is 10.2 Å². The Morgan fingerprint density at radius 2 is 2.00 bits per heavy atom. The molecule has 0 aliphatic heterocycles. The summed E-state index contributed by atoms with van der Waals surface area (Å²) < 4.78 is 5.52. The first-order valence-electron chi connectivity index (χ1n) is 6.53. The molecule has 0 fully saturated rings. The minimum atomic E-state index is -0.00636. The number of nitrogens with zero attached hydrogens (tertiary/aromatic N) is 4. The first-order chi connectivity index (χ1) is 9.03. The number of aromatic nitrogens is 2.